The molecule has 0 spiro atoms. The predicted molar refractivity (Wildman–Crippen MR) is 69.6 cm³/mol. The maximum Gasteiger partial charge on any atom is 0.338 e. The van der Waals surface area contributed by atoms with Crippen LogP contribution >= 0.6 is 0 Å². The number of carbonyl (C=O) groups excluding carboxylic acids is 1. The largest absolute Gasteiger partial charge is 0.497 e. The van der Waals surface area contributed by atoms with E-state index < -0.39 is 5.97 Å². The molecule has 0 unspecified atom stereocenters. The van der Waals surface area contributed by atoms with E-state index in [2.05, 4.69) is 6.58 Å². The number of hydrogen-bond acceptors (Lipinski definition) is 4. The first-order chi connectivity index (χ1) is 8.47. The Balaban J connectivity index is 3.19. The van der Waals surface area contributed by atoms with Gasteiger partial charge in [0.1, 0.15) is 11.5 Å². The molecule has 0 amide bonds. The van der Waals surface area contributed by atoms with Crippen LogP contribution in [0.25, 0.3) is 5.76 Å². The van der Waals surface area contributed by atoms with Gasteiger partial charge in [0.05, 0.1) is 25.9 Å². The Morgan fingerprint density at radius 1 is 1.11 bits per heavy atom. The topological polar surface area (TPSA) is 44.8 Å². The maximum absolute atomic E-state index is 11.6. The van der Waals surface area contributed by atoms with E-state index in [1.54, 1.807) is 18.2 Å². The van der Waals surface area contributed by atoms with Crippen LogP contribution in [0.2, 0.25) is 0 Å². The van der Waals surface area contributed by atoms with E-state index in [0.29, 0.717) is 22.6 Å². The summed E-state index contributed by atoms with van der Waals surface area (Å²) < 4.78 is 15.3. The molecule has 0 bridgehead atoms. The van der Waals surface area contributed by atoms with Crippen molar-refractivity contribution in [2.24, 2.45) is 0 Å². The number of hydrogen-bond donors (Lipinski definition) is 0. The van der Waals surface area contributed by atoms with Crippen LogP contribution in [0.5, 0.6) is 5.75 Å². The van der Waals surface area contributed by atoms with Gasteiger partial charge in [-0.05, 0) is 32.0 Å². The van der Waals surface area contributed by atoms with Crippen LogP contribution in [0.4, 0.5) is 0 Å². The summed E-state index contributed by atoms with van der Waals surface area (Å²) in [5.74, 6) is 0.629. The van der Waals surface area contributed by atoms with Gasteiger partial charge in [-0.25, -0.2) is 4.79 Å². The van der Waals surface area contributed by atoms with Crippen molar-refractivity contribution in [2.75, 3.05) is 14.2 Å². The van der Waals surface area contributed by atoms with E-state index in [1.807, 2.05) is 13.8 Å². The second-order valence-electron chi connectivity index (χ2n) is 4.03. The molecule has 0 radical (unpaired) electrons. The second-order valence-corrected chi connectivity index (χ2v) is 4.03. The van der Waals surface area contributed by atoms with Gasteiger partial charge in [-0.3, -0.25) is 0 Å². The van der Waals surface area contributed by atoms with E-state index in [9.17, 15) is 4.79 Å². The predicted octanol–water partition coefficient (Wildman–Crippen LogP) is 2.88. The van der Waals surface area contributed by atoms with Gasteiger partial charge in [0, 0.05) is 5.56 Å². The first-order valence-electron chi connectivity index (χ1n) is 5.61. The van der Waals surface area contributed by atoms with Gasteiger partial charge in [-0.2, -0.15) is 0 Å². The van der Waals surface area contributed by atoms with E-state index >= 15 is 0 Å². The standard InChI is InChI=1S/C14H18O4/c1-9(2)18-13-7-11(10(3)16-4)6-12(8-13)14(15)17-5/h6-9H,3H2,1-2,4-5H3. The molecule has 1 aromatic rings. The SMILES string of the molecule is C=C(OC)c1cc(OC(C)C)cc(C(=O)OC)c1. The highest BCUT2D eigenvalue weighted by molar-refractivity contribution is 5.90. The van der Waals surface area contributed by atoms with Crippen molar-refractivity contribution in [1.82, 2.24) is 0 Å². The molecule has 0 heterocycles. The van der Waals surface area contributed by atoms with Crippen LogP contribution in [0, 0.1) is 0 Å². The lowest BCUT2D eigenvalue weighted by Crippen LogP contribution is -2.08. The van der Waals surface area contributed by atoms with Crippen LogP contribution < -0.4 is 4.74 Å². The molecule has 0 aliphatic carbocycles. The number of ether oxygens (including phenoxy) is 3. The third kappa shape index (κ3) is 3.52. The van der Waals surface area contributed by atoms with Crippen molar-refractivity contribution in [3.63, 3.8) is 0 Å². The number of esters is 1. The first-order valence-corrected chi connectivity index (χ1v) is 5.61. The van der Waals surface area contributed by atoms with Crippen molar-refractivity contribution in [3.8, 4) is 5.75 Å². The van der Waals surface area contributed by atoms with E-state index in [1.165, 1.54) is 14.2 Å². The molecule has 0 fully saturated rings. The second kappa shape index (κ2) is 6.10. The van der Waals surface area contributed by atoms with Crippen molar-refractivity contribution in [1.29, 1.82) is 0 Å². The number of methoxy groups -OCH3 is 2. The van der Waals surface area contributed by atoms with Crippen molar-refractivity contribution in [2.45, 2.75) is 20.0 Å². The summed E-state index contributed by atoms with van der Waals surface area (Å²) in [6.07, 6.45) is 0.0153. The molecular formula is C14H18O4. The Kier molecular flexibility index (Phi) is 4.77. The van der Waals surface area contributed by atoms with E-state index in [4.69, 9.17) is 14.2 Å². The molecular weight excluding hydrogens is 232 g/mol. The lowest BCUT2D eigenvalue weighted by molar-refractivity contribution is 0.0600. The monoisotopic (exact) mass is 250 g/mol. The highest BCUT2D eigenvalue weighted by atomic mass is 16.5. The fraction of sp³-hybridized carbons (Fsp3) is 0.357. The zero-order valence-corrected chi connectivity index (χ0v) is 11.1. The van der Waals surface area contributed by atoms with E-state index in [-0.39, 0.29) is 6.10 Å². The van der Waals surface area contributed by atoms with Gasteiger partial charge in [0.2, 0.25) is 0 Å². The lowest BCUT2D eigenvalue weighted by Gasteiger charge is -2.13. The Hall–Kier alpha value is -1.97. The van der Waals surface area contributed by atoms with Gasteiger partial charge >= 0.3 is 5.97 Å². The molecule has 0 saturated heterocycles. The summed E-state index contributed by atoms with van der Waals surface area (Å²) in [6, 6.07) is 5.07. The Bertz CT molecular complexity index is 415. The lowest BCUT2D eigenvalue weighted by atomic mass is 10.1. The molecule has 4 nitrogen and oxygen atoms in total. The molecule has 4 heteroatoms. The van der Waals surface area contributed by atoms with Crippen LogP contribution in [0.15, 0.2) is 24.8 Å². The van der Waals surface area contributed by atoms with Crippen molar-refractivity contribution < 1.29 is 19.0 Å². The Morgan fingerprint density at radius 2 is 1.72 bits per heavy atom. The fourth-order valence-electron chi connectivity index (χ4n) is 1.45. The number of benzene rings is 1. The summed E-state index contributed by atoms with van der Waals surface area (Å²) in [7, 11) is 2.86. The summed E-state index contributed by atoms with van der Waals surface area (Å²) in [4.78, 5) is 11.6. The van der Waals surface area contributed by atoms with Crippen LogP contribution in [-0.2, 0) is 9.47 Å². The molecule has 0 N–H and O–H groups in total. The summed E-state index contributed by atoms with van der Waals surface area (Å²) in [6.45, 7) is 7.58. The molecule has 0 aliphatic rings. The van der Waals surface area contributed by atoms with Crippen molar-refractivity contribution >= 4 is 11.7 Å². The third-order valence-corrected chi connectivity index (χ3v) is 2.27. The average Bonchev–Trinajstić information content (AvgIpc) is 2.35. The minimum atomic E-state index is -0.422. The maximum atomic E-state index is 11.6. The average molecular weight is 250 g/mol. The van der Waals surface area contributed by atoms with Gasteiger partial charge in [0.15, 0.2) is 0 Å². The van der Waals surface area contributed by atoms with Gasteiger partial charge in [-0.1, -0.05) is 6.58 Å². The molecule has 1 rings (SSSR count). The van der Waals surface area contributed by atoms with Crippen molar-refractivity contribution in [3.05, 3.63) is 35.9 Å². The molecule has 0 aliphatic heterocycles. The Morgan fingerprint density at radius 3 is 2.22 bits per heavy atom. The summed E-state index contributed by atoms with van der Waals surface area (Å²) in [5.41, 5.74) is 1.10. The summed E-state index contributed by atoms with van der Waals surface area (Å²) in [5, 5.41) is 0. The van der Waals surface area contributed by atoms with Gasteiger partial charge in [0.25, 0.3) is 0 Å². The summed E-state index contributed by atoms with van der Waals surface area (Å²) >= 11 is 0. The minimum Gasteiger partial charge on any atom is -0.497 e. The molecule has 98 valence electrons. The fourth-order valence-corrected chi connectivity index (χ4v) is 1.45. The molecule has 0 aromatic heterocycles. The Labute approximate surface area is 107 Å². The molecule has 1 aromatic carbocycles. The van der Waals surface area contributed by atoms with E-state index in [0.717, 1.165) is 0 Å². The van der Waals surface area contributed by atoms with Crippen LogP contribution in [-0.4, -0.2) is 26.3 Å². The normalized spacial score (nSPS) is 10.1. The van der Waals surface area contributed by atoms with Gasteiger partial charge < -0.3 is 14.2 Å². The highest BCUT2D eigenvalue weighted by Crippen LogP contribution is 2.23. The van der Waals surface area contributed by atoms with Crippen LogP contribution in [0.3, 0.4) is 0 Å². The quantitative estimate of drug-likeness (QED) is 0.595. The third-order valence-electron chi connectivity index (χ3n) is 2.27. The molecule has 18 heavy (non-hydrogen) atoms. The molecule has 0 atom stereocenters. The number of rotatable bonds is 5. The zero-order chi connectivity index (χ0) is 13.7. The molecule has 0 saturated carbocycles. The smallest absolute Gasteiger partial charge is 0.338 e. The zero-order valence-electron chi connectivity index (χ0n) is 11.1. The number of carbonyl (C=O) groups is 1. The van der Waals surface area contributed by atoms with Gasteiger partial charge in [-0.15, -0.1) is 0 Å². The first kappa shape index (κ1) is 14.1. The van der Waals surface area contributed by atoms with Crippen LogP contribution in [0.1, 0.15) is 29.8 Å². The highest BCUT2D eigenvalue weighted by Gasteiger charge is 2.12. The minimum absolute atomic E-state index is 0.0153.